The Morgan fingerprint density at radius 3 is 2.50 bits per heavy atom. The Kier molecular flexibility index (Phi) is 6.55. The standard InChI is InChI=1S/C7H12O4S/c1-3-10-7(9)12-5-4-11-6(2)8/h3-5H2,1-2H3. The number of hydrogen-bond donors (Lipinski definition) is 0. The van der Waals surface area contributed by atoms with Crippen molar-refractivity contribution in [2.45, 2.75) is 13.8 Å². The Morgan fingerprint density at radius 2 is 2.00 bits per heavy atom. The number of rotatable bonds is 4. The Balaban J connectivity index is 3.19. The molecule has 0 N–H and O–H groups in total. The zero-order chi connectivity index (χ0) is 9.40. The lowest BCUT2D eigenvalue weighted by Crippen LogP contribution is -2.05. The molecule has 0 aliphatic rings. The lowest BCUT2D eigenvalue weighted by molar-refractivity contribution is -0.140. The van der Waals surface area contributed by atoms with Gasteiger partial charge in [-0.05, 0) is 18.7 Å². The zero-order valence-electron chi connectivity index (χ0n) is 7.16. The molecule has 0 bridgehead atoms. The van der Waals surface area contributed by atoms with Gasteiger partial charge in [0.2, 0.25) is 0 Å². The largest absolute Gasteiger partial charge is 0.465 e. The molecule has 0 rings (SSSR count). The monoisotopic (exact) mass is 192 g/mol. The van der Waals surface area contributed by atoms with Crippen LogP contribution in [0.4, 0.5) is 4.79 Å². The van der Waals surface area contributed by atoms with Crippen LogP contribution in [-0.4, -0.2) is 30.2 Å². The van der Waals surface area contributed by atoms with Crippen molar-refractivity contribution in [3.63, 3.8) is 0 Å². The minimum atomic E-state index is -0.334. The molecule has 0 radical (unpaired) electrons. The summed E-state index contributed by atoms with van der Waals surface area (Å²) < 4.78 is 9.24. The molecule has 0 saturated carbocycles. The topological polar surface area (TPSA) is 52.6 Å². The van der Waals surface area contributed by atoms with Gasteiger partial charge < -0.3 is 9.47 Å². The molecule has 4 nitrogen and oxygen atoms in total. The smallest absolute Gasteiger partial charge is 0.367 e. The normalized spacial score (nSPS) is 9.17. The van der Waals surface area contributed by atoms with Crippen LogP contribution in [0.25, 0.3) is 0 Å². The van der Waals surface area contributed by atoms with Gasteiger partial charge >= 0.3 is 11.3 Å². The molecule has 0 aromatic carbocycles. The van der Waals surface area contributed by atoms with Gasteiger partial charge in [-0.25, -0.2) is 4.79 Å². The molecule has 0 fully saturated rings. The van der Waals surface area contributed by atoms with Gasteiger partial charge in [0.05, 0.1) is 6.61 Å². The first-order valence-corrected chi connectivity index (χ1v) is 4.58. The molecule has 0 amide bonds. The summed E-state index contributed by atoms with van der Waals surface area (Å²) in [6, 6.07) is 0. The summed E-state index contributed by atoms with van der Waals surface area (Å²) in [4.78, 5) is 21.0. The van der Waals surface area contributed by atoms with E-state index in [4.69, 9.17) is 0 Å². The number of esters is 1. The summed E-state index contributed by atoms with van der Waals surface area (Å²) >= 11 is 1.00. The third-order valence-corrected chi connectivity index (χ3v) is 1.60. The Hall–Kier alpha value is -0.710. The van der Waals surface area contributed by atoms with Gasteiger partial charge in [-0.1, -0.05) is 0 Å². The lowest BCUT2D eigenvalue weighted by atomic mass is 10.8. The van der Waals surface area contributed by atoms with Crippen molar-refractivity contribution in [3.05, 3.63) is 0 Å². The third kappa shape index (κ3) is 7.40. The van der Waals surface area contributed by atoms with Crippen LogP contribution >= 0.6 is 11.8 Å². The average Bonchev–Trinajstić information content (AvgIpc) is 1.98. The summed E-state index contributed by atoms with van der Waals surface area (Å²) in [5.74, 6) is 0.109. The van der Waals surface area contributed by atoms with E-state index in [1.807, 2.05) is 0 Å². The molecular weight excluding hydrogens is 180 g/mol. The highest BCUT2D eigenvalue weighted by Gasteiger charge is 2.01. The van der Waals surface area contributed by atoms with Crippen LogP contribution in [0.15, 0.2) is 0 Å². The van der Waals surface area contributed by atoms with E-state index < -0.39 is 0 Å². The van der Waals surface area contributed by atoms with E-state index in [1.54, 1.807) is 6.92 Å². The van der Waals surface area contributed by atoms with Gasteiger partial charge in [0.1, 0.15) is 6.61 Å². The van der Waals surface area contributed by atoms with Gasteiger partial charge in [-0.15, -0.1) is 0 Å². The number of hydrogen-bond acceptors (Lipinski definition) is 5. The van der Waals surface area contributed by atoms with E-state index >= 15 is 0 Å². The molecule has 0 saturated heterocycles. The molecule has 0 unspecified atom stereocenters. The fraction of sp³-hybridized carbons (Fsp3) is 0.714. The maximum Gasteiger partial charge on any atom is 0.367 e. The van der Waals surface area contributed by atoms with Crippen molar-refractivity contribution in [2.75, 3.05) is 19.0 Å². The van der Waals surface area contributed by atoms with Crippen molar-refractivity contribution in [3.8, 4) is 0 Å². The van der Waals surface area contributed by atoms with Gasteiger partial charge in [-0.3, -0.25) is 4.79 Å². The van der Waals surface area contributed by atoms with Crippen LogP contribution in [0.5, 0.6) is 0 Å². The van der Waals surface area contributed by atoms with Crippen molar-refractivity contribution < 1.29 is 19.1 Å². The predicted octanol–water partition coefficient (Wildman–Crippen LogP) is 1.44. The summed E-state index contributed by atoms with van der Waals surface area (Å²) in [5, 5.41) is -0.329. The molecule has 0 aromatic heterocycles. The molecule has 5 heteroatoms. The molecule has 0 atom stereocenters. The second kappa shape index (κ2) is 6.97. The molecule has 12 heavy (non-hydrogen) atoms. The number of carbonyl (C=O) groups is 2. The molecule has 0 heterocycles. The van der Waals surface area contributed by atoms with Crippen LogP contribution in [0.2, 0.25) is 0 Å². The quantitative estimate of drug-likeness (QED) is 0.498. The summed E-state index contributed by atoms with van der Waals surface area (Å²) in [5.41, 5.74) is 0. The first-order chi connectivity index (χ1) is 5.66. The number of ether oxygens (including phenoxy) is 2. The van der Waals surface area contributed by atoms with Crippen LogP contribution in [-0.2, 0) is 14.3 Å². The van der Waals surface area contributed by atoms with Crippen LogP contribution < -0.4 is 0 Å². The molecule has 0 aliphatic heterocycles. The van der Waals surface area contributed by atoms with Crippen LogP contribution in [0.1, 0.15) is 13.8 Å². The van der Waals surface area contributed by atoms with Gasteiger partial charge in [0, 0.05) is 12.7 Å². The fourth-order valence-electron chi connectivity index (χ4n) is 0.470. The van der Waals surface area contributed by atoms with Gasteiger partial charge in [-0.2, -0.15) is 0 Å². The summed E-state index contributed by atoms with van der Waals surface area (Å²) in [7, 11) is 0. The second-order valence-corrected chi connectivity index (χ2v) is 2.90. The molecular formula is C7H12O4S. The van der Waals surface area contributed by atoms with Gasteiger partial charge in [0.25, 0.3) is 0 Å². The van der Waals surface area contributed by atoms with Crippen LogP contribution in [0.3, 0.4) is 0 Å². The maximum absolute atomic E-state index is 10.7. The molecule has 0 aromatic rings. The van der Waals surface area contributed by atoms with E-state index in [1.165, 1.54) is 6.92 Å². The SMILES string of the molecule is CCOC(=O)SCCOC(C)=O. The highest BCUT2D eigenvalue weighted by atomic mass is 32.2. The van der Waals surface area contributed by atoms with E-state index in [0.29, 0.717) is 12.4 Å². The highest BCUT2D eigenvalue weighted by Crippen LogP contribution is 2.04. The van der Waals surface area contributed by atoms with Crippen molar-refractivity contribution >= 4 is 23.0 Å². The van der Waals surface area contributed by atoms with Crippen molar-refractivity contribution in [1.82, 2.24) is 0 Å². The highest BCUT2D eigenvalue weighted by molar-refractivity contribution is 8.13. The Bertz CT molecular complexity index is 157. The average molecular weight is 192 g/mol. The molecule has 70 valence electrons. The van der Waals surface area contributed by atoms with E-state index in [-0.39, 0.29) is 17.9 Å². The minimum Gasteiger partial charge on any atom is -0.465 e. The zero-order valence-corrected chi connectivity index (χ0v) is 7.98. The minimum absolute atomic E-state index is 0.249. The number of carbonyl (C=O) groups excluding carboxylic acids is 2. The Morgan fingerprint density at radius 1 is 1.33 bits per heavy atom. The first-order valence-electron chi connectivity index (χ1n) is 3.59. The second-order valence-electron chi connectivity index (χ2n) is 1.87. The molecule has 0 aliphatic carbocycles. The Labute approximate surface area is 75.6 Å². The maximum atomic E-state index is 10.7. The first kappa shape index (κ1) is 11.3. The van der Waals surface area contributed by atoms with E-state index in [0.717, 1.165) is 11.8 Å². The lowest BCUT2D eigenvalue weighted by Gasteiger charge is -2.01. The predicted molar refractivity (Wildman–Crippen MR) is 46.1 cm³/mol. The number of thioether (sulfide) groups is 1. The third-order valence-electron chi connectivity index (χ3n) is 0.871. The van der Waals surface area contributed by atoms with Crippen LogP contribution in [0, 0.1) is 0 Å². The van der Waals surface area contributed by atoms with E-state index in [2.05, 4.69) is 9.47 Å². The summed E-state index contributed by atoms with van der Waals surface area (Å²) in [6.45, 7) is 3.69. The fourth-order valence-corrected chi connectivity index (χ4v) is 1.00. The molecule has 0 spiro atoms. The van der Waals surface area contributed by atoms with E-state index in [9.17, 15) is 9.59 Å². The van der Waals surface area contributed by atoms with Gasteiger partial charge in [0.15, 0.2) is 0 Å². The summed E-state index contributed by atoms with van der Waals surface area (Å²) in [6.07, 6.45) is 0. The van der Waals surface area contributed by atoms with Crippen molar-refractivity contribution in [2.24, 2.45) is 0 Å². The van der Waals surface area contributed by atoms with Crippen molar-refractivity contribution in [1.29, 1.82) is 0 Å².